The van der Waals surface area contributed by atoms with Gasteiger partial charge in [-0.3, -0.25) is 10.1 Å². The third kappa shape index (κ3) is 5.14. The van der Waals surface area contributed by atoms with Crippen molar-refractivity contribution in [3.05, 3.63) is 113 Å². The number of benzene rings is 2. The molecule has 0 amide bonds. The molecule has 0 spiro atoms. The maximum Gasteiger partial charge on any atom is 0.130 e. The molecule has 168 valence electrons. The predicted molar refractivity (Wildman–Crippen MR) is 136 cm³/mol. The normalized spacial score (nSPS) is 11.7. The summed E-state index contributed by atoms with van der Waals surface area (Å²) in [6.45, 7) is 0.253. The second-order valence-electron chi connectivity index (χ2n) is 7.87. The summed E-state index contributed by atoms with van der Waals surface area (Å²) in [5, 5.41) is 18.3. The average Bonchev–Trinajstić information content (AvgIpc) is 3.54. The van der Waals surface area contributed by atoms with Crippen molar-refractivity contribution < 1.29 is 9.84 Å². The van der Waals surface area contributed by atoms with Crippen LogP contribution in [-0.2, 0) is 13.2 Å². The molecule has 3 aromatic heterocycles. The Morgan fingerprint density at radius 3 is 2.65 bits per heavy atom. The Bertz CT molecular complexity index is 1450. The quantitative estimate of drug-likeness (QED) is 0.284. The number of aliphatic hydroxyl groups is 1. The van der Waals surface area contributed by atoms with Crippen LogP contribution in [0.4, 0.5) is 0 Å². The zero-order valence-corrected chi connectivity index (χ0v) is 18.5. The van der Waals surface area contributed by atoms with Gasteiger partial charge in [0.25, 0.3) is 0 Å². The highest BCUT2D eigenvalue weighted by molar-refractivity contribution is 5.83. The lowest BCUT2D eigenvalue weighted by Gasteiger charge is -2.10. The van der Waals surface area contributed by atoms with Crippen LogP contribution >= 0.6 is 0 Å². The molecule has 3 heterocycles. The second kappa shape index (κ2) is 10.0. The summed E-state index contributed by atoms with van der Waals surface area (Å²) in [7, 11) is 0. The number of rotatable bonds is 8. The van der Waals surface area contributed by atoms with E-state index in [0.717, 1.165) is 39.3 Å². The molecule has 34 heavy (non-hydrogen) atoms. The Kier molecular flexibility index (Phi) is 6.31. The van der Waals surface area contributed by atoms with Crippen LogP contribution in [0.25, 0.3) is 35.2 Å². The molecule has 6 heteroatoms. The Morgan fingerprint density at radius 2 is 1.76 bits per heavy atom. The molecule has 0 aliphatic carbocycles. The van der Waals surface area contributed by atoms with E-state index in [1.165, 1.54) is 5.39 Å². The van der Waals surface area contributed by atoms with Crippen LogP contribution in [0.1, 0.15) is 33.8 Å². The highest BCUT2D eigenvalue weighted by Crippen LogP contribution is 2.23. The van der Waals surface area contributed by atoms with Crippen molar-refractivity contribution in [1.29, 1.82) is 0 Å². The Balaban J connectivity index is 1.26. The average molecular weight is 449 g/mol. The Hall–Kier alpha value is -4.42. The lowest BCUT2D eigenvalue weighted by atomic mass is 10.1. The Morgan fingerprint density at radius 1 is 0.882 bits per heavy atom. The number of aromatic nitrogens is 4. The van der Waals surface area contributed by atoms with E-state index in [0.29, 0.717) is 12.4 Å². The molecule has 0 aliphatic heterocycles. The number of H-pyrrole nitrogens is 2. The summed E-state index contributed by atoms with van der Waals surface area (Å²) in [5.41, 5.74) is 6.49. The van der Waals surface area contributed by atoms with Crippen molar-refractivity contribution in [3.63, 3.8) is 0 Å². The van der Waals surface area contributed by atoms with Crippen molar-refractivity contribution in [2.75, 3.05) is 0 Å². The highest BCUT2D eigenvalue weighted by Gasteiger charge is 2.05. The molecular weight excluding hydrogens is 424 g/mol. The van der Waals surface area contributed by atoms with Gasteiger partial charge in [0.05, 0.1) is 23.7 Å². The van der Waals surface area contributed by atoms with Gasteiger partial charge in [0.2, 0.25) is 0 Å². The number of nitrogens with zero attached hydrogens (tertiary/aromatic N) is 2. The first-order valence-corrected chi connectivity index (χ1v) is 11.0. The van der Waals surface area contributed by atoms with E-state index in [2.05, 4.69) is 44.4 Å². The number of pyridine rings is 1. The van der Waals surface area contributed by atoms with E-state index in [-0.39, 0.29) is 6.61 Å². The van der Waals surface area contributed by atoms with Gasteiger partial charge in [0.15, 0.2) is 0 Å². The van der Waals surface area contributed by atoms with Crippen molar-refractivity contribution in [2.45, 2.75) is 13.2 Å². The summed E-state index contributed by atoms with van der Waals surface area (Å²) in [4.78, 5) is 7.51. The molecule has 0 bridgehead atoms. The minimum atomic E-state index is -0.0887. The first-order chi connectivity index (χ1) is 16.8. The van der Waals surface area contributed by atoms with Crippen LogP contribution < -0.4 is 4.74 Å². The van der Waals surface area contributed by atoms with Crippen molar-refractivity contribution >= 4 is 35.2 Å². The van der Waals surface area contributed by atoms with Crippen LogP contribution in [0.3, 0.4) is 0 Å². The molecule has 0 atom stereocenters. The fourth-order valence-electron chi connectivity index (χ4n) is 3.64. The monoisotopic (exact) mass is 448 g/mol. The number of fused-ring (bicyclic) bond motifs is 1. The molecular formula is C28H24N4O2. The highest BCUT2D eigenvalue weighted by atomic mass is 16.5. The summed E-state index contributed by atoms with van der Waals surface area (Å²) < 4.78 is 5.92. The molecule has 0 saturated heterocycles. The molecule has 5 aromatic rings. The van der Waals surface area contributed by atoms with Crippen LogP contribution in [-0.4, -0.2) is 25.3 Å². The summed E-state index contributed by atoms with van der Waals surface area (Å²) in [6, 6.07) is 21.8. The van der Waals surface area contributed by atoms with Crippen LogP contribution in [0.5, 0.6) is 5.75 Å². The molecule has 0 radical (unpaired) electrons. The van der Waals surface area contributed by atoms with Gasteiger partial charge in [0.1, 0.15) is 12.4 Å². The van der Waals surface area contributed by atoms with E-state index in [1.54, 1.807) is 6.20 Å². The fraction of sp³-hybridized carbons (Fsp3) is 0.0714. The van der Waals surface area contributed by atoms with E-state index >= 15 is 0 Å². The number of ether oxygens (including phenoxy) is 1. The maximum absolute atomic E-state index is 9.66. The van der Waals surface area contributed by atoms with Gasteiger partial charge in [0, 0.05) is 23.5 Å². The second-order valence-corrected chi connectivity index (χ2v) is 7.87. The largest absolute Gasteiger partial charge is 0.487 e. The summed E-state index contributed by atoms with van der Waals surface area (Å²) in [6.07, 6.45) is 11.7. The zero-order chi connectivity index (χ0) is 23.2. The number of hydrogen-bond acceptors (Lipinski definition) is 4. The van der Waals surface area contributed by atoms with Gasteiger partial charge < -0.3 is 14.8 Å². The SMILES string of the molecule is OCc1ccc(/C=C/c2cc(/C=C/c3ccc4cc[nH]c4c3)n[nH]2)cc1OCc1ccccn1. The number of aromatic amines is 2. The fourth-order valence-corrected chi connectivity index (χ4v) is 3.64. The predicted octanol–water partition coefficient (Wildman–Crippen LogP) is 5.70. The van der Waals surface area contributed by atoms with E-state index in [1.807, 2.05) is 73.0 Å². The van der Waals surface area contributed by atoms with Gasteiger partial charge in [-0.1, -0.05) is 42.5 Å². The lowest BCUT2D eigenvalue weighted by molar-refractivity contribution is 0.257. The minimum Gasteiger partial charge on any atom is -0.487 e. The van der Waals surface area contributed by atoms with Crippen molar-refractivity contribution in [3.8, 4) is 5.75 Å². The van der Waals surface area contributed by atoms with Crippen LogP contribution in [0, 0.1) is 0 Å². The van der Waals surface area contributed by atoms with Crippen molar-refractivity contribution in [1.82, 2.24) is 20.2 Å². The van der Waals surface area contributed by atoms with Gasteiger partial charge in [-0.05, 0) is 65.1 Å². The molecule has 0 fully saturated rings. The molecule has 5 rings (SSSR count). The number of hydrogen-bond donors (Lipinski definition) is 3. The molecule has 0 unspecified atom stereocenters. The van der Waals surface area contributed by atoms with Gasteiger partial charge in [-0.2, -0.15) is 5.10 Å². The van der Waals surface area contributed by atoms with Crippen LogP contribution in [0.2, 0.25) is 0 Å². The van der Waals surface area contributed by atoms with E-state index in [9.17, 15) is 5.11 Å². The third-order valence-electron chi connectivity index (χ3n) is 5.46. The van der Waals surface area contributed by atoms with Crippen molar-refractivity contribution in [2.24, 2.45) is 0 Å². The van der Waals surface area contributed by atoms with Gasteiger partial charge in [-0.15, -0.1) is 0 Å². The minimum absolute atomic E-state index is 0.0887. The van der Waals surface area contributed by atoms with E-state index < -0.39 is 0 Å². The topological polar surface area (TPSA) is 86.8 Å². The summed E-state index contributed by atoms with van der Waals surface area (Å²) in [5.74, 6) is 0.641. The third-order valence-corrected chi connectivity index (χ3v) is 5.46. The van der Waals surface area contributed by atoms with E-state index in [4.69, 9.17) is 4.74 Å². The number of aliphatic hydroxyl groups excluding tert-OH is 1. The van der Waals surface area contributed by atoms with Gasteiger partial charge in [-0.25, -0.2) is 0 Å². The van der Waals surface area contributed by atoms with Crippen LogP contribution in [0.15, 0.2) is 79.1 Å². The Labute approximate surface area is 197 Å². The molecule has 2 aromatic carbocycles. The molecule has 3 N–H and O–H groups in total. The zero-order valence-electron chi connectivity index (χ0n) is 18.5. The molecule has 6 nitrogen and oxygen atoms in total. The standard InChI is InChI=1S/C28H24N4O2/c33-18-23-9-5-21(16-28(23)34-19-26-3-1-2-13-29-26)7-11-25-17-24(31-32-25)10-6-20-4-8-22-12-14-30-27(22)15-20/h1-17,30,33H,18-19H2,(H,31,32)/b10-6+,11-7+. The molecule has 0 saturated carbocycles. The van der Waals surface area contributed by atoms with Gasteiger partial charge >= 0.3 is 0 Å². The maximum atomic E-state index is 9.66. The summed E-state index contributed by atoms with van der Waals surface area (Å²) >= 11 is 0. The molecule has 0 aliphatic rings. The first kappa shape index (κ1) is 21.4. The smallest absolute Gasteiger partial charge is 0.130 e. The first-order valence-electron chi connectivity index (χ1n) is 11.0. The number of nitrogens with one attached hydrogen (secondary N) is 2. The lowest BCUT2D eigenvalue weighted by Crippen LogP contribution is -2.00.